The van der Waals surface area contributed by atoms with Crippen LogP contribution in [0.4, 0.5) is 4.79 Å². The number of aliphatic hydroxyl groups is 1. The van der Waals surface area contributed by atoms with Crippen molar-refractivity contribution in [1.82, 2.24) is 15.4 Å². The fraction of sp³-hybridized carbons (Fsp3) is 0.360. The van der Waals surface area contributed by atoms with E-state index >= 15 is 0 Å². The molecule has 0 aliphatic rings. The molecule has 2 aromatic carbocycles. The van der Waals surface area contributed by atoms with E-state index in [-0.39, 0.29) is 6.54 Å². The van der Waals surface area contributed by atoms with E-state index in [4.69, 9.17) is 10.5 Å². The van der Waals surface area contributed by atoms with Crippen LogP contribution in [0.25, 0.3) is 10.6 Å². The molecule has 2 unspecified atom stereocenters. The van der Waals surface area contributed by atoms with Crippen molar-refractivity contribution in [2.75, 3.05) is 6.54 Å². The van der Waals surface area contributed by atoms with Crippen molar-refractivity contribution in [3.05, 3.63) is 77.3 Å². The first-order valence-corrected chi connectivity index (χ1v) is 11.8. The molecule has 4 N–H and O–H groups in total. The Morgan fingerprint density at radius 3 is 2.45 bits per heavy atom. The summed E-state index contributed by atoms with van der Waals surface area (Å²) in [5.74, 6) is 0. The standard InChI is InChI=1S/C25H32N4O3S/c1-25(2,3)32-24(31)28-29(17-22(30)21(26)15-18-7-5-4-6-8-18)16-19-9-11-20(12-10-19)23-27-13-14-33-23/h4-14,21-22,30H,15-17,26H2,1-3H3,(H,28,31). The highest BCUT2D eigenvalue weighted by molar-refractivity contribution is 7.13. The molecule has 0 bridgehead atoms. The van der Waals surface area contributed by atoms with Crippen molar-refractivity contribution >= 4 is 17.4 Å². The fourth-order valence-electron chi connectivity index (χ4n) is 3.30. The largest absolute Gasteiger partial charge is 0.443 e. The van der Waals surface area contributed by atoms with Gasteiger partial charge in [0, 0.05) is 36.3 Å². The van der Waals surface area contributed by atoms with Crippen molar-refractivity contribution in [2.24, 2.45) is 5.73 Å². The van der Waals surface area contributed by atoms with E-state index < -0.39 is 23.8 Å². The maximum atomic E-state index is 12.4. The second kappa shape index (κ2) is 11.4. The van der Waals surface area contributed by atoms with Crippen LogP contribution in [0, 0.1) is 0 Å². The van der Waals surface area contributed by atoms with Crippen molar-refractivity contribution in [1.29, 1.82) is 0 Å². The van der Waals surface area contributed by atoms with Gasteiger partial charge in [-0.1, -0.05) is 54.6 Å². The van der Waals surface area contributed by atoms with Gasteiger partial charge in [0.2, 0.25) is 0 Å². The van der Waals surface area contributed by atoms with Crippen LogP contribution in [-0.4, -0.2) is 45.5 Å². The molecule has 33 heavy (non-hydrogen) atoms. The molecule has 3 rings (SSSR count). The number of nitrogens with zero attached hydrogens (tertiary/aromatic N) is 2. The van der Waals surface area contributed by atoms with Gasteiger partial charge in [-0.3, -0.25) is 5.43 Å². The van der Waals surface area contributed by atoms with Gasteiger partial charge in [-0.05, 0) is 38.3 Å². The average Bonchev–Trinajstić information content (AvgIpc) is 3.28. The molecule has 176 valence electrons. The van der Waals surface area contributed by atoms with E-state index in [9.17, 15) is 9.90 Å². The normalized spacial score (nSPS) is 13.5. The summed E-state index contributed by atoms with van der Waals surface area (Å²) in [6, 6.07) is 17.3. The second-order valence-corrected chi connectivity index (χ2v) is 9.84. The lowest BCUT2D eigenvalue weighted by molar-refractivity contribution is 0.0171. The van der Waals surface area contributed by atoms with Gasteiger partial charge in [0.15, 0.2) is 0 Å². The van der Waals surface area contributed by atoms with Gasteiger partial charge in [-0.25, -0.2) is 14.8 Å². The third kappa shape index (κ3) is 8.25. The van der Waals surface area contributed by atoms with Crippen LogP contribution in [0.3, 0.4) is 0 Å². The quantitative estimate of drug-likeness (QED) is 0.411. The molecular weight excluding hydrogens is 436 g/mol. The molecule has 0 aliphatic heterocycles. The molecule has 2 atom stereocenters. The van der Waals surface area contributed by atoms with Gasteiger partial charge in [0.05, 0.1) is 6.10 Å². The van der Waals surface area contributed by atoms with Crippen LogP contribution in [0.1, 0.15) is 31.9 Å². The van der Waals surface area contributed by atoms with Crippen LogP contribution >= 0.6 is 11.3 Å². The molecule has 0 radical (unpaired) electrons. The summed E-state index contributed by atoms with van der Waals surface area (Å²) >= 11 is 1.58. The number of nitrogens with one attached hydrogen (secondary N) is 1. The third-order valence-electron chi connectivity index (χ3n) is 4.87. The van der Waals surface area contributed by atoms with Gasteiger partial charge in [-0.15, -0.1) is 11.3 Å². The van der Waals surface area contributed by atoms with Crippen LogP contribution in [0.5, 0.6) is 0 Å². The summed E-state index contributed by atoms with van der Waals surface area (Å²) in [6.45, 7) is 5.95. The number of carbonyl (C=O) groups is 1. The molecule has 1 aromatic heterocycles. The van der Waals surface area contributed by atoms with E-state index in [0.717, 1.165) is 21.7 Å². The smallest absolute Gasteiger partial charge is 0.422 e. The highest BCUT2D eigenvalue weighted by atomic mass is 32.1. The minimum Gasteiger partial charge on any atom is -0.443 e. The number of hydrogen-bond donors (Lipinski definition) is 3. The van der Waals surface area contributed by atoms with Crippen molar-refractivity contribution < 1.29 is 14.6 Å². The number of hydrazine groups is 1. The maximum absolute atomic E-state index is 12.4. The number of nitrogens with two attached hydrogens (primary N) is 1. The molecular formula is C25H32N4O3S. The van der Waals surface area contributed by atoms with Gasteiger partial charge >= 0.3 is 6.09 Å². The van der Waals surface area contributed by atoms with Crippen molar-refractivity contribution in [3.8, 4) is 10.6 Å². The summed E-state index contributed by atoms with van der Waals surface area (Å²) in [6.07, 6.45) is 0.881. The number of ether oxygens (including phenoxy) is 1. The zero-order valence-corrected chi connectivity index (χ0v) is 20.1. The number of aromatic nitrogens is 1. The molecule has 0 saturated heterocycles. The van der Waals surface area contributed by atoms with Crippen LogP contribution < -0.4 is 11.2 Å². The summed E-state index contributed by atoms with van der Waals surface area (Å²) in [7, 11) is 0. The van der Waals surface area contributed by atoms with Crippen LogP contribution in [0.2, 0.25) is 0 Å². The summed E-state index contributed by atoms with van der Waals surface area (Å²) < 4.78 is 5.40. The Labute approximate surface area is 199 Å². The number of hydrogen-bond acceptors (Lipinski definition) is 7. The first-order chi connectivity index (χ1) is 15.7. The van der Waals surface area contributed by atoms with E-state index in [1.807, 2.05) is 60.0 Å². The molecule has 7 nitrogen and oxygen atoms in total. The topological polar surface area (TPSA) is 101 Å². The molecule has 0 saturated carbocycles. The van der Waals surface area contributed by atoms with Crippen molar-refractivity contribution in [2.45, 2.75) is 51.5 Å². The molecule has 1 amide bonds. The summed E-state index contributed by atoms with van der Waals surface area (Å²) in [5.41, 5.74) is 11.4. The Bertz CT molecular complexity index is 989. The van der Waals surface area contributed by atoms with E-state index in [1.54, 1.807) is 43.3 Å². The Morgan fingerprint density at radius 2 is 1.85 bits per heavy atom. The lowest BCUT2D eigenvalue weighted by Gasteiger charge is -2.29. The predicted molar refractivity (Wildman–Crippen MR) is 131 cm³/mol. The minimum absolute atomic E-state index is 0.154. The fourth-order valence-corrected chi connectivity index (χ4v) is 3.95. The Hall–Kier alpha value is -2.78. The van der Waals surface area contributed by atoms with E-state index in [2.05, 4.69) is 10.4 Å². The second-order valence-electron chi connectivity index (χ2n) is 8.95. The summed E-state index contributed by atoms with van der Waals surface area (Å²) in [5, 5.41) is 15.3. The highest BCUT2D eigenvalue weighted by Gasteiger charge is 2.23. The number of rotatable bonds is 9. The SMILES string of the molecule is CC(C)(C)OC(=O)NN(Cc1ccc(-c2nccs2)cc1)CC(O)C(N)Cc1ccccc1. The third-order valence-corrected chi connectivity index (χ3v) is 5.69. The number of benzene rings is 2. The minimum atomic E-state index is -0.852. The molecule has 0 spiro atoms. The Morgan fingerprint density at radius 1 is 1.15 bits per heavy atom. The summed E-state index contributed by atoms with van der Waals surface area (Å²) in [4.78, 5) is 16.7. The Kier molecular flexibility index (Phi) is 8.57. The Balaban J connectivity index is 1.67. The van der Waals surface area contributed by atoms with Crippen LogP contribution in [-0.2, 0) is 17.7 Å². The zero-order chi connectivity index (χ0) is 23.8. The van der Waals surface area contributed by atoms with Gasteiger partial charge in [-0.2, -0.15) is 0 Å². The number of carbonyl (C=O) groups excluding carboxylic acids is 1. The van der Waals surface area contributed by atoms with E-state index in [1.165, 1.54) is 0 Å². The number of thiazole rings is 1. The highest BCUT2D eigenvalue weighted by Crippen LogP contribution is 2.22. The number of amides is 1. The molecule has 0 aliphatic carbocycles. The lowest BCUT2D eigenvalue weighted by Crippen LogP contribution is -2.51. The predicted octanol–water partition coefficient (Wildman–Crippen LogP) is 3.98. The monoisotopic (exact) mass is 468 g/mol. The first kappa shape index (κ1) is 24.9. The van der Waals surface area contributed by atoms with Crippen LogP contribution in [0.15, 0.2) is 66.2 Å². The zero-order valence-electron chi connectivity index (χ0n) is 19.3. The molecule has 1 heterocycles. The van der Waals surface area contributed by atoms with Crippen molar-refractivity contribution in [3.63, 3.8) is 0 Å². The lowest BCUT2D eigenvalue weighted by atomic mass is 10.0. The number of aliphatic hydroxyl groups excluding tert-OH is 1. The molecule has 8 heteroatoms. The first-order valence-electron chi connectivity index (χ1n) is 10.9. The molecule has 3 aromatic rings. The average molecular weight is 469 g/mol. The van der Waals surface area contributed by atoms with Gasteiger partial charge in [0.25, 0.3) is 0 Å². The van der Waals surface area contributed by atoms with Gasteiger partial charge < -0.3 is 15.6 Å². The molecule has 0 fully saturated rings. The van der Waals surface area contributed by atoms with E-state index in [0.29, 0.717) is 13.0 Å². The van der Waals surface area contributed by atoms with Gasteiger partial charge in [0.1, 0.15) is 10.6 Å². The maximum Gasteiger partial charge on any atom is 0.422 e.